The molecule has 0 saturated carbocycles. The Morgan fingerprint density at radius 1 is 0.690 bits per heavy atom. The molecule has 0 spiro atoms. The van der Waals surface area contributed by atoms with Crippen LogP contribution in [0.15, 0.2) is 0 Å². The lowest BCUT2D eigenvalue weighted by Gasteiger charge is -2.29. The number of ether oxygens (including phenoxy) is 2. The molecule has 29 heavy (non-hydrogen) atoms. The van der Waals surface area contributed by atoms with Gasteiger partial charge in [-0.05, 0) is 67.2 Å². The van der Waals surface area contributed by atoms with E-state index in [4.69, 9.17) is 9.47 Å². The van der Waals surface area contributed by atoms with Gasteiger partial charge in [-0.15, -0.1) is 0 Å². The highest BCUT2D eigenvalue weighted by Crippen LogP contribution is 2.25. The van der Waals surface area contributed by atoms with Crippen LogP contribution in [-0.4, -0.2) is 23.1 Å². The largest absolute Gasteiger partial charge is 0.459 e. The molecule has 0 bridgehead atoms. The smallest absolute Gasteiger partial charge is 0.312 e. The maximum Gasteiger partial charge on any atom is 0.312 e. The summed E-state index contributed by atoms with van der Waals surface area (Å²) in [6.45, 7) is 21.5. The first kappa shape index (κ1) is 42.1. The summed E-state index contributed by atoms with van der Waals surface area (Å²) in [6.07, 6.45) is 3.36. The van der Waals surface area contributed by atoms with Crippen molar-refractivity contribution in [1.29, 1.82) is 0 Å². The van der Waals surface area contributed by atoms with E-state index in [0.29, 0.717) is 0 Å². The molecule has 0 heterocycles. The molecule has 0 radical (unpaired) electrons. The van der Waals surface area contributed by atoms with Gasteiger partial charge in [-0.1, -0.05) is 64.3 Å². The Morgan fingerprint density at radius 3 is 1.31 bits per heavy atom. The lowest BCUT2D eigenvalue weighted by atomic mass is 9.90. The summed E-state index contributed by atoms with van der Waals surface area (Å²) in [5, 5.41) is 0. The van der Waals surface area contributed by atoms with Crippen molar-refractivity contribution in [3.05, 3.63) is 0 Å². The molecule has 1 unspecified atom stereocenters. The summed E-state index contributed by atoms with van der Waals surface area (Å²) >= 11 is 0. The van der Waals surface area contributed by atoms with Crippen LogP contribution in [0.25, 0.3) is 0 Å². The van der Waals surface area contributed by atoms with E-state index in [0.717, 1.165) is 25.7 Å². The molecule has 0 amide bonds. The number of carbonyl (C=O) groups is 2. The quantitative estimate of drug-likeness (QED) is 0.368. The minimum atomic E-state index is -0.355. The molecule has 1 atom stereocenters. The Balaban J connectivity index is -0.0000000803. The monoisotopic (exact) mass is 422 g/mol. The van der Waals surface area contributed by atoms with E-state index >= 15 is 0 Å². The molecule has 4 heteroatoms. The van der Waals surface area contributed by atoms with Gasteiger partial charge in [0, 0.05) is 0 Å². The minimum Gasteiger partial charge on any atom is -0.459 e. The maximum absolute atomic E-state index is 11.6. The van der Waals surface area contributed by atoms with Crippen molar-refractivity contribution in [2.75, 3.05) is 0 Å². The summed E-state index contributed by atoms with van der Waals surface area (Å²) in [7, 11) is 0. The van der Waals surface area contributed by atoms with Gasteiger partial charge >= 0.3 is 11.9 Å². The van der Waals surface area contributed by atoms with Crippen LogP contribution < -0.4 is 0 Å². The normalized spacial score (nSPS) is 11.6. The highest BCUT2D eigenvalue weighted by Gasteiger charge is 2.31. The van der Waals surface area contributed by atoms with Crippen LogP contribution in [0.2, 0.25) is 0 Å². The van der Waals surface area contributed by atoms with Crippen molar-refractivity contribution in [2.45, 2.75) is 143 Å². The average Bonchev–Trinajstić information content (AvgIpc) is 2.53. The van der Waals surface area contributed by atoms with Gasteiger partial charge in [0.2, 0.25) is 0 Å². The molecule has 0 aromatic carbocycles. The van der Waals surface area contributed by atoms with Crippen LogP contribution in [0.3, 0.4) is 0 Å². The van der Waals surface area contributed by atoms with Crippen molar-refractivity contribution in [1.82, 2.24) is 0 Å². The van der Waals surface area contributed by atoms with E-state index in [1.54, 1.807) is 0 Å². The second-order valence-electron chi connectivity index (χ2n) is 8.58. The summed E-state index contributed by atoms with van der Waals surface area (Å²) in [4.78, 5) is 23.0. The molecular formula is C25H58O4. The first-order valence-corrected chi connectivity index (χ1v) is 9.64. The summed E-state index contributed by atoms with van der Waals surface area (Å²) in [5.41, 5.74) is -0.990. The Labute approximate surface area is 185 Å². The highest BCUT2D eigenvalue weighted by atomic mass is 16.6. The lowest BCUT2D eigenvalue weighted by molar-refractivity contribution is -0.167. The SMILES string of the molecule is C.C.C.C.CCC(C)(C)OC(=O)C(C)(C)CC.CCC(C)C(=O)OC(C)(C)CC. The molecule has 0 saturated heterocycles. The predicted octanol–water partition coefficient (Wildman–Crippen LogP) is 8.46. The molecule has 0 aliphatic heterocycles. The highest BCUT2D eigenvalue weighted by molar-refractivity contribution is 5.76. The Hall–Kier alpha value is -1.06. The maximum atomic E-state index is 11.6. The number of esters is 2. The van der Waals surface area contributed by atoms with E-state index in [2.05, 4.69) is 0 Å². The number of carbonyl (C=O) groups excluding carboxylic acids is 2. The fourth-order valence-electron chi connectivity index (χ4n) is 1.22. The first-order valence-electron chi connectivity index (χ1n) is 9.64. The summed E-state index contributed by atoms with van der Waals surface area (Å²) in [6, 6.07) is 0. The van der Waals surface area contributed by atoms with Crippen molar-refractivity contribution >= 4 is 11.9 Å². The van der Waals surface area contributed by atoms with E-state index in [-0.39, 0.29) is 64.2 Å². The molecule has 0 aliphatic carbocycles. The topological polar surface area (TPSA) is 52.6 Å². The molecule has 182 valence electrons. The van der Waals surface area contributed by atoms with Crippen LogP contribution in [0.5, 0.6) is 0 Å². The van der Waals surface area contributed by atoms with Gasteiger partial charge in [-0.2, -0.15) is 0 Å². The third-order valence-electron chi connectivity index (χ3n) is 4.90. The van der Waals surface area contributed by atoms with Crippen LogP contribution in [0.1, 0.15) is 132 Å². The van der Waals surface area contributed by atoms with Gasteiger partial charge in [0.25, 0.3) is 0 Å². The standard InChI is InChI=1S/C11H22O2.C10H20O2.4CH4/c1-7-10(3,4)9(12)13-11(5,6)8-2;1-6-8(3)9(11)12-10(4,5)7-2;;;;/h7-8H2,1-6H3;8H,6-7H2,1-5H3;4*1H4. The molecule has 4 nitrogen and oxygen atoms in total. The molecule has 0 aliphatic rings. The second-order valence-corrected chi connectivity index (χ2v) is 8.58. The van der Waals surface area contributed by atoms with Crippen molar-refractivity contribution in [3.63, 3.8) is 0 Å². The van der Waals surface area contributed by atoms with Crippen LogP contribution in [-0.2, 0) is 19.1 Å². The predicted molar refractivity (Wildman–Crippen MR) is 131 cm³/mol. The molecule has 0 aromatic rings. The molecule has 0 rings (SSSR count). The second kappa shape index (κ2) is 17.8. The van der Waals surface area contributed by atoms with E-state index in [1.807, 2.05) is 76.2 Å². The van der Waals surface area contributed by atoms with Crippen LogP contribution >= 0.6 is 0 Å². The average molecular weight is 423 g/mol. The summed E-state index contributed by atoms with van der Waals surface area (Å²) < 4.78 is 10.7. The van der Waals surface area contributed by atoms with Crippen molar-refractivity contribution in [3.8, 4) is 0 Å². The van der Waals surface area contributed by atoms with Crippen molar-refractivity contribution < 1.29 is 19.1 Å². The van der Waals surface area contributed by atoms with E-state index in [9.17, 15) is 9.59 Å². The number of rotatable bonds is 8. The van der Waals surface area contributed by atoms with E-state index < -0.39 is 0 Å². The summed E-state index contributed by atoms with van der Waals surface area (Å²) in [5.74, 6) is -0.151. The van der Waals surface area contributed by atoms with Crippen LogP contribution in [0, 0.1) is 11.3 Å². The van der Waals surface area contributed by atoms with E-state index in [1.165, 1.54) is 0 Å². The zero-order chi connectivity index (χ0) is 20.5. The van der Waals surface area contributed by atoms with Gasteiger partial charge < -0.3 is 9.47 Å². The fraction of sp³-hybridized carbons (Fsp3) is 0.920. The molecule has 0 fully saturated rings. The number of hydrogen-bond acceptors (Lipinski definition) is 4. The third kappa shape index (κ3) is 18.7. The number of hydrogen-bond donors (Lipinski definition) is 0. The van der Waals surface area contributed by atoms with Crippen LogP contribution in [0.4, 0.5) is 0 Å². The van der Waals surface area contributed by atoms with Crippen molar-refractivity contribution in [2.24, 2.45) is 11.3 Å². The fourth-order valence-corrected chi connectivity index (χ4v) is 1.22. The zero-order valence-corrected chi connectivity index (χ0v) is 18.5. The third-order valence-corrected chi connectivity index (χ3v) is 4.90. The molecule has 0 N–H and O–H groups in total. The van der Waals surface area contributed by atoms with Gasteiger partial charge in [0.05, 0.1) is 11.3 Å². The molecular weight excluding hydrogens is 364 g/mol. The zero-order valence-electron chi connectivity index (χ0n) is 18.5. The minimum absolute atomic E-state index is 0. The van der Waals surface area contributed by atoms with Gasteiger partial charge in [0.1, 0.15) is 11.2 Å². The lowest BCUT2D eigenvalue weighted by Crippen LogP contribution is -2.34. The Kier molecular flexibility index (Phi) is 25.8. The van der Waals surface area contributed by atoms with Gasteiger partial charge in [0.15, 0.2) is 0 Å². The Bertz CT molecular complexity index is 409. The first-order chi connectivity index (χ1) is 11.2. The Morgan fingerprint density at radius 2 is 1.03 bits per heavy atom. The van der Waals surface area contributed by atoms with Gasteiger partial charge in [-0.25, -0.2) is 0 Å². The van der Waals surface area contributed by atoms with Gasteiger partial charge in [-0.3, -0.25) is 9.59 Å². The molecule has 0 aromatic heterocycles.